The maximum absolute atomic E-state index is 8.39. The molecular weight excluding hydrogens is 294 g/mol. The first-order valence-corrected chi connectivity index (χ1v) is 10.1. The van der Waals surface area contributed by atoms with Crippen LogP contribution in [0.15, 0.2) is 30.3 Å². The molecule has 0 fully saturated rings. The minimum absolute atomic E-state index is 0.302. The summed E-state index contributed by atoms with van der Waals surface area (Å²) < 4.78 is 25.9. The zero-order valence-electron chi connectivity index (χ0n) is 15.4. The Morgan fingerprint density at radius 1 is 1.00 bits per heavy atom. The highest BCUT2D eigenvalue weighted by Crippen LogP contribution is 2.18. The summed E-state index contributed by atoms with van der Waals surface area (Å²) in [4.78, 5) is 2.04. The van der Waals surface area contributed by atoms with Crippen LogP contribution in [-0.2, 0) is 19.8 Å². The highest BCUT2D eigenvalue weighted by molar-refractivity contribution is 6.60. The molecule has 0 saturated carbocycles. The lowest BCUT2D eigenvalue weighted by Gasteiger charge is -2.29. The molecule has 0 aliphatic heterocycles. The number of hydrogen-bond acceptors (Lipinski definition) is 4. The van der Waals surface area contributed by atoms with Gasteiger partial charge in [-0.05, 0) is 46.3 Å². The van der Waals surface area contributed by atoms with Gasteiger partial charge < -0.3 is 18.2 Å². The van der Waals surface area contributed by atoms with E-state index in [1.165, 1.54) is 5.56 Å². The van der Waals surface area contributed by atoms with E-state index in [0.29, 0.717) is 32.3 Å². The normalized spacial score (nSPS) is 14.1. The molecule has 0 bridgehead atoms. The summed E-state index contributed by atoms with van der Waals surface area (Å²) in [6.07, 6.45) is 0.676. The molecule has 5 heteroatoms. The minimum Gasteiger partial charge on any atom is -0.374 e. The first-order valence-electron chi connectivity index (χ1n) is 8.72. The maximum Gasteiger partial charge on any atom is 0.500 e. The predicted octanol–water partition coefficient (Wildman–Crippen LogP) is 3.56. The number of nitrogens with zero attached hydrogens (tertiary/aromatic N) is 1. The van der Waals surface area contributed by atoms with Gasteiger partial charge >= 0.3 is 8.80 Å². The van der Waals surface area contributed by atoms with Gasteiger partial charge in [0, 0.05) is 33.8 Å². The molecule has 0 N–H and O–H groups in total. The predicted molar refractivity (Wildman–Crippen MR) is 92.8 cm³/mol. The first kappa shape index (κ1) is 17.6. The first-order chi connectivity index (χ1) is 11.1. The van der Waals surface area contributed by atoms with E-state index in [0.717, 1.165) is 6.54 Å². The Bertz CT molecular complexity index is 405. The Morgan fingerprint density at radius 2 is 1.55 bits per heavy atom. The number of hydrogen-bond donors (Lipinski definition) is 0. The van der Waals surface area contributed by atoms with Crippen molar-refractivity contribution in [3.8, 4) is 0 Å². The third-order valence-electron chi connectivity index (χ3n) is 3.26. The van der Waals surface area contributed by atoms with E-state index >= 15 is 0 Å². The van der Waals surface area contributed by atoms with Gasteiger partial charge in [-0.25, -0.2) is 0 Å². The maximum atomic E-state index is 8.39. The smallest absolute Gasteiger partial charge is 0.374 e. The molecule has 22 heavy (non-hydrogen) atoms. The van der Waals surface area contributed by atoms with E-state index < -0.39 is 8.80 Å². The molecule has 126 valence electrons. The quantitative estimate of drug-likeness (QED) is 0.550. The molecule has 0 radical (unpaired) electrons. The average molecular weight is 327 g/mol. The van der Waals surface area contributed by atoms with Crippen LogP contribution in [0, 0.1) is 0 Å². The molecule has 0 aliphatic rings. The Labute approximate surface area is 138 Å². The van der Waals surface area contributed by atoms with Crippen LogP contribution < -0.4 is 0 Å². The topological polar surface area (TPSA) is 30.9 Å². The van der Waals surface area contributed by atoms with Crippen LogP contribution in [0.2, 0.25) is 6.04 Å². The third-order valence-corrected chi connectivity index (χ3v) is 6.35. The van der Waals surface area contributed by atoms with Crippen LogP contribution in [0.1, 0.15) is 34.1 Å². The van der Waals surface area contributed by atoms with E-state index in [1.807, 2.05) is 50.9 Å². The van der Waals surface area contributed by atoms with Crippen molar-refractivity contribution >= 4 is 8.80 Å². The van der Waals surface area contributed by atoms with Crippen molar-refractivity contribution in [2.24, 2.45) is 0 Å². The van der Waals surface area contributed by atoms with E-state index in [1.54, 1.807) is 0 Å². The Hall–Kier alpha value is -0.723. The van der Waals surface area contributed by atoms with Crippen LogP contribution in [0.25, 0.3) is 0 Å². The lowest BCUT2D eigenvalue weighted by atomic mass is 10.2. The van der Waals surface area contributed by atoms with Gasteiger partial charge in [0.05, 0.1) is 0 Å². The summed E-state index contributed by atoms with van der Waals surface area (Å²) in [5, 5.41) is 0. The summed E-state index contributed by atoms with van der Waals surface area (Å²) in [6.45, 7) is 8.07. The van der Waals surface area contributed by atoms with Crippen LogP contribution in [0.3, 0.4) is 0 Å². The second-order valence-electron chi connectivity index (χ2n) is 5.10. The fourth-order valence-corrected chi connectivity index (χ4v) is 4.88. The monoisotopic (exact) mass is 326 g/mol. The summed E-state index contributed by atoms with van der Waals surface area (Å²) in [5.74, 6) is 0. The molecule has 0 aliphatic carbocycles. The van der Waals surface area contributed by atoms with Crippen LogP contribution in [0.4, 0.5) is 0 Å². The van der Waals surface area contributed by atoms with Crippen molar-refractivity contribution in [1.82, 2.24) is 4.90 Å². The van der Waals surface area contributed by atoms with Crippen molar-refractivity contribution in [3.05, 3.63) is 35.9 Å². The molecule has 0 amide bonds. The molecule has 1 aromatic carbocycles. The highest BCUT2D eigenvalue weighted by Gasteiger charge is 2.39. The number of benzene rings is 1. The zero-order chi connectivity index (χ0) is 17.1. The summed E-state index contributed by atoms with van der Waals surface area (Å²) >= 11 is 0. The Kier molecular flexibility index (Phi) is 8.74. The summed E-state index contributed by atoms with van der Waals surface area (Å²) in [7, 11) is -0.661. The minimum atomic E-state index is -2.64. The van der Waals surface area contributed by atoms with Gasteiger partial charge in [-0.3, -0.25) is 0 Å². The Morgan fingerprint density at radius 3 is 2.05 bits per heavy atom. The van der Waals surface area contributed by atoms with Gasteiger partial charge in [0.15, 0.2) is 0 Å². The van der Waals surface area contributed by atoms with Crippen molar-refractivity contribution in [2.45, 2.75) is 39.8 Å². The molecule has 1 aromatic rings. The Balaban J connectivity index is 2.57. The summed E-state index contributed by atoms with van der Waals surface area (Å²) in [5.41, 5.74) is 1.22. The molecule has 0 spiro atoms. The third kappa shape index (κ3) is 7.02. The van der Waals surface area contributed by atoms with Crippen LogP contribution in [0.5, 0.6) is 0 Å². The fraction of sp³-hybridized carbons (Fsp3) is 0.647. The lowest BCUT2D eigenvalue weighted by Crippen LogP contribution is -2.46. The van der Waals surface area contributed by atoms with Crippen LogP contribution in [-0.4, -0.2) is 47.1 Å². The van der Waals surface area contributed by atoms with Gasteiger partial charge in [-0.2, -0.15) is 0 Å². The van der Waals surface area contributed by atoms with Crippen molar-refractivity contribution < 1.29 is 14.6 Å². The van der Waals surface area contributed by atoms with E-state index in [2.05, 4.69) is 12.1 Å². The van der Waals surface area contributed by atoms with Crippen molar-refractivity contribution in [2.75, 3.05) is 33.4 Å². The SMILES string of the molecule is [2H]C(CC[Si](OCC)(OCC)OCC)N(C)Cc1ccccc1. The highest BCUT2D eigenvalue weighted by atomic mass is 28.4. The average Bonchev–Trinajstić information content (AvgIpc) is 2.54. The van der Waals surface area contributed by atoms with Gasteiger partial charge in [0.1, 0.15) is 0 Å². The van der Waals surface area contributed by atoms with E-state index in [9.17, 15) is 0 Å². The standard InChI is InChI=1S/C17H31NO3Si/c1-5-19-22(20-6-2,21-7-3)15-11-14-18(4)16-17-12-9-8-10-13-17/h8-10,12-13H,5-7,11,14-16H2,1-4H3/i14D. The molecule has 0 aromatic heterocycles. The van der Waals surface area contributed by atoms with Gasteiger partial charge in [-0.15, -0.1) is 0 Å². The molecule has 1 unspecified atom stereocenters. The largest absolute Gasteiger partial charge is 0.500 e. The van der Waals surface area contributed by atoms with Crippen LogP contribution >= 0.6 is 0 Å². The molecule has 1 atom stereocenters. The molecule has 4 nitrogen and oxygen atoms in total. The van der Waals surface area contributed by atoms with Gasteiger partial charge in [0.25, 0.3) is 0 Å². The second-order valence-corrected chi connectivity index (χ2v) is 7.84. The van der Waals surface area contributed by atoms with Gasteiger partial charge in [-0.1, -0.05) is 30.3 Å². The molecule has 1 rings (SSSR count). The van der Waals surface area contributed by atoms with Crippen molar-refractivity contribution in [3.63, 3.8) is 0 Å². The second kappa shape index (κ2) is 10.9. The lowest BCUT2D eigenvalue weighted by molar-refractivity contribution is 0.0701. The summed E-state index contributed by atoms with van der Waals surface area (Å²) in [6, 6.07) is 10.9. The fourth-order valence-electron chi connectivity index (χ4n) is 2.40. The van der Waals surface area contributed by atoms with E-state index in [-0.39, 0.29) is 6.52 Å². The molecular formula is C17H31NO3Si. The van der Waals surface area contributed by atoms with Crippen molar-refractivity contribution in [1.29, 1.82) is 0 Å². The molecule has 0 saturated heterocycles. The van der Waals surface area contributed by atoms with E-state index in [4.69, 9.17) is 14.6 Å². The van der Waals surface area contributed by atoms with Gasteiger partial charge in [0.2, 0.25) is 0 Å². The number of rotatable bonds is 12. The zero-order valence-corrected chi connectivity index (χ0v) is 15.4. The molecule has 0 heterocycles.